The molecule has 26 heavy (non-hydrogen) atoms. The number of thioether (sulfide) groups is 1. The molecule has 1 aromatic heterocycles. The lowest BCUT2D eigenvalue weighted by Gasteiger charge is -2.16. The molecule has 8 heteroatoms. The van der Waals surface area contributed by atoms with Gasteiger partial charge >= 0.3 is 0 Å². The Morgan fingerprint density at radius 3 is 2.81 bits per heavy atom. The van der Waals surface area contributed by atoms with Gasteiger partial charge in [-0.3, -0.25) is 4.79 Å². The lowest BCUT2D eigenvalue weighted by Crippen LogP contribution is -2.94. The number of amides is 1. The third-order valence-corrected chi connectivity index (χ3v) is 4.75. The average Bonchev–Trinajstić information content (AvgIpc) is 3.02. The number of hydrogen-bond acceptors (Lipinski definition) is 5. The highest BCUT2D eigenvalue weighted by atomic mass is 32.2. The van der Waals surface area contributed by atoms with Crippen LogP contribution in [0.4, 0.5) is 0 Å². The zero-order chi connectivity index (χ0) is 19.2. The van der Waals surface area contributed by atoms with Gasteiger partial charge in [0.25, 0.3) is 0 Å². The number of quaternary nitrogens is 1. The number of tetrazole rings is 1. The van der Waals surface area contributed by atoms with Crippen LogP contribution in [0.3, 0.4) is 0 Å². The fraction of sp³-hybridized carbons (Fsp3) is 0.556. The number of benzene rings is 1. The second kappa shape index (κ2) is 9.14. The molecule has 0 aliphatic rings. The van der Waals surface area contributed by atoms with E-state index in [4.69, 9.17) is 0 Å². The first-order chi connectivity index (χ1) is 12.3. The Bertz CT molecular complexity index is 738. The van der Waals surface area contributed by atoms with Gasteiger partial charge in [0, 0.05) is 13.0 Å². The minimum absolute atomic E-state index is 0.00118. The third-order valence-electron chi connectivity index (χ3n) is 3.83. The highest BCUT2D eigenvalue weighted by molar-refractivity contribution is 7.99. The van der Waals surface area contributed by atoms with Crippen LogP contribution in [0.1, 0.15) is 38.3 Å². The van der Waals surface area contributed by atoms with Crippen LogP contribution < -0.4 is 10.6 Å². The van der Waals surface area contributed by atoms with Gasteiger partial charge in [0.15, 0.2) is 0 Å². The smallest absolute Gasteiger partial charge is 0.230 e. The van der Waals surface area contributed by atoms with Gasteiger partial charge in [-0.25, -0.2) is 0 Å². The molecule has 7 nitrogen and oxygen atoms in total. The highest BCUT2D eigenvalue weighted by Crippen LogP contribution is 2.21. The molecule has 0 radical (unpaired) electrons. The first-order valence-electron chi connectivity index (χ1n) is 8.86. The molecule has 2 rings (SSSR count). The second-order valence-corrected chi connectivity index (χ2v) is 8.46. The van der Waals surface area contributed by atoms with Crippen molar-refractivity contribution < 1.29 is 10.1 Å². The Morgan fingerprint density at radius 2 is 2.08 bits per heavy atom. The van der Waals surface area contributed by atoms with Crippen LogP contribution in [0.15, 0.2) is 23.4 Å². The molecule has 1 aromatic carbocycles. The van der Waals surface area contributed by atoms with Crippen LogP contribution in [-0.4, -0.2) is 50.5 Å². The molecule has 0 fully saturated rings. The SMILES string of the molecule is Cc1ccc(C)c(-n2nnnc2SCC(=O)NCCC[NH2+]C(C)(C)C)c1. The molecule has 142 valence electrons. The van der Waals surface area contributed by atoms with Crippen molar-refractivity contribution in [2.75, 3.05) is 18.8 Å². The lowest BCUT2D eigenvalue weighted by molar-refractivity contribution is -0.717. The van der Waals surface area contributed by atoms with Crippen LogP contribution in [0.25, 0.3) is 5.69 Å². The molecule has 0 saturated carbocycles. The highest BCUT2D eigenvalue weighted by Gasteiger charge is 2.14. The maximum atomic E-state index is 12.0. The molecule has 0 bridgehead atoms. The quantitative estimate of drug-likeness (QED) is 0.534. The van der Waals surface area contributed by atoms with Gasteiger partial charge in [-0.2, -0.15) is 4.68 Å². The van der Waals surface area contributed by atoms with Crippen molar-refractivity contribution in [3.63, 3.8) is 0 Å². The van der Waals surface area contributed by atoms with Crippen molar-refractivity contribution in [1.82, 2.24) is 25.5 Å². The van der Waals surface area contributed by atoms with E-state index >= 15 is 0 Å². The largest absolute Gasteiger partial charge is 0.355 e. The number of rotatable bonds is 8. The van der Waals surface area contributed by atoms with E-state index in [0.29, 0.717) is 17.5 Å². The third kappa shape index (κ3) is 6.42. The second-order valence-electron chi connectivity index (χ2n) is 7.51. The first-order valence-corrected chi connectivity index (χ1v) is 9.85. The average molecular weight is 378 g/mol. The molecular weight excluding hydrogens is 348 g/mol. The number of aryl methyl sites for hydroxylation is 2. The summed E-state index contributed by atoms with van der Waals surface area (Å²) in [5.41, 5.74) is 3.40. The fourth-order valence-corrected chi connectivity index (χ4v) is 3.13. The van der Waals surface area contributed by atoms with Crippen molar-refractivity contribution in [2.45, 2.75) is 51.7 Å². The van der Waals surface area contributed by atoms with E-state index in [0.717, 1.165) is 29.8 Å². The summed E-state index contributed by atoms with van der Waals surface area (Å²) in [5.74, 6) is 0.301. The molecule has 0 unspecified atom stereocenters. The zero-order valence-electron chi connectivity index (χ0n) is 16.2. The Balaban J connectivity index is 1.82. The van der Waals surface area contributed by atoms with Gasteiger partial charge in [0.2, 0.25) is 11.1 Å². The van der Waals surface area contributed by atoms with Crippen molar-refractivity contribution in [3.05, 3.63) is 29.3 Å². The lowest BCUT2D eigenvalue weighted by atomic mass is 10.1. The number of carbonyl (C=O) groups is 1. The van der Waals surface area contributed by atoms with E-state index in [-0.39, 0.29) is 11.4 Å². The van der Waals surface area contributed by atoms with Crippen LogP contribution in [0, 0.1) is 13.8 Å². The molecule has 0 atom stereocenters. The van der Waals surface area contributed by atoms with E-state index in [1.54, 1.807) is 4.68 Å². The van der Waals surface area contributed by atoms with Gasteiger partial charge < -0.3 is 10.6 Å². The maximum Gasteiger partial charge on any atom is 0.230 e. The molecule has 3 N–H and O–H groups in total. The fourth-order valence-electron chi connectivity index (χ4n) is 2.41. The predicted octanol–water partition coefficient (Wildman–Crippen LogP) is 1.24. The number of hydrogen-bond donors (Lipinski definition) is 2. The number of nitrogens with zero attached hydrogens (tertiary/aromatic N) is 4. The Hall–Kier alpha value is -1.93. The molecule has 1 heterocycles. The van der Waals surface area contributed by atoms with Crippen molar-refractivity contribution in [3.8, 4) is 5.69 Å². The van der Waals surface area contributed by atoms with Gasteiger partial charge in [-0.15, -0.1) is 5.10 Å². The Kier molecular flexibility index (Phi) is 7.16. The molecule has 0 spiro atoms. The van der Waals surface area contributed by atoms with Gasteiger partial charge in [0.05, 0.1) is 23.5 Å². The Labute approximate surface area is 159 Å². The topological polar surface area (TPSA) is 89.3 Å². The molecule has 0 saturated heterocycles. The summed E-state index contributed by atoms with van der Waals surface area (Å²) in [4.78, 5) is 12.0. The van der Waals surface area contributed by atoms with Crippen LogP contribution in [-0.2, 0) is 4.79 Å². The zero-order valence-corrected chi connectivity index (χ0v) is 17.1. The number of carbonyl (C=O) groups excluding carboxylic acids is 1. The van der Waals surface area contributed by atoms with Gasteiger partial charge in [-0.1, -0.05) is 23.9 Å². The summed E-state index contributed by atoms with van der Waals surface area (Å²) < 4.78 is 1.69. The van der Waals surface area contributed by atoms with Crippen molar-refractivity contribution >= 4 is 17.7 Å². The number of nitrogens with two attached hydrogens (primary N) is 1. The van der Waals surface area contributed by atoms with Crippen molar-refractivity contribution in [1.29, 1.82) is 0 Å². The first kappa shape index (κ1) is 20.4. The normalized spacial score (nSPS) is 11.6. The summed E-state index contributed by atoms with van der Waals surface area (Å²) in [6, 6.07) is 6.14. The molecule has 0 aliphatic heterocycles. The maximum absolute atomic E-state index is 12.0. The standard InChI is InChI=1S/C18H28N6OS/c1-13-7-8-14(2)15(11-13)24-17(21-22-23-24)26-12-16(25)19-9-6-10-20-18(3,4)5/h7-8,11,20H,6,9-10,12H2,1-5H3,(H,19,25)/p+1. The van der Waals surface area contributed by atoms with E-state index in [9.17, 15) is 4.79 Å². The van der Waals surface area contributed by atoms with Crippen LogP contribution in [0.5, 0.6) is 0 Å². The number of nitrogens with one attached hydrogen (secondary N) is 1. The minimum atomic E-state index is 0.00118. The summed E-state index contributed by atoms with van der Waals surface area (Å²) in [7, 11) is 0. The van der Waals surface area contributed by atoms with Gasteiger partial charge in [-0.05, 0) is 62.2 Å². The molecular formula is C18H29N6OS+. The van der Waals surface area contributed by atoms with Crippen LogP contribution >= 0.6 is 11.8 Å². The van der Waals surface area contributed by atoms with Crippen LogP contribution in [0.2, 0.25) is 0 Å². The van der Waals surface area contributed by atoms with E-state index in [1.807, 2.05) is 26.0 Å². The molecule has 2 aromatic rings. The van der Waals surface area contributed by atoms with Crippen molar-refractivity contribution in [2.24, 2.45) is 0 Å². The minimum Gasteiger partial charge on any atom is -0.355 e. The van der Waals surface area contributed by atoms with E-state index in [2.05, 4.69) is 53.0 Å². The summed E-state index contributed by atoms with van der Waals surface area (Å²) >= 11 is 1.35. The van der Waals surface area contributed by atoms with E-state index < -0.39 is 0 Å². The predicted molar refractivity (Wildman–Crippen MR) is 104 cm³/mol. The molecule has 1 amide bonds. The van der Waals surface area contributed by atoms with Gasteiger partial charge in [0.1, 0.15) is 0 Å². The van der Waals surface area contributed by atoms with E-state index in [1.165, 1.54) is 11.8 Å². The monoisotopic (exact) mass is 377 g/mol. The summed E-state index contributed by atoms with van der Waals surface area (Å²) in [6.07, 6.45) is 0.952. The Morgan fingerprint density at radius 1 is 1.31 bits per heavy atom. The number of aromatic nitrogens is 4. The molecule has 0 aliphatic carbocycles. The summed E-state index contributed by atoms with van der Waals surface area (Å²) in [5, 5.41) is 17.7. The summed E-state index contributed by atoms with van der Waals surface area (Å²) in [6.45, 7) is 12.3.